The molecule has 0 fully saturated rings. The summed E-state index contributed by atoms with van der Waals surface area (Å²) in [5.74, 6) is -1.51. The van der Waals surface area contributed by atoms with Crippen molar-refractivity contribution in [3.05, 3.63) is 29.6 Å². The van der Waals surface area contributed by atoms with Crippen molar-refractivity contribution in [2.45, 2.75) is 13.0 Å². The van der Waals surface area contributed by atoms with E-state index in [0.717, 1.165) is 18.2 Å². The van der Waals surface area contributed by atoms with E-state index in [1.165, 1.54) is 0 Å². The minimum absolute atomic E-state index is 0.143. The second-order valence-corrected chi connectivity index (χ2v) is 3.22. The van der Waals surface area contributed by atoms with Crippen molar-refractivity contribution < 1.29 is 19.4 Å². The Morgan fingerprint density at radius 3 is 2.87 bits per heavy atom. The van der Waals surface area contributed by atoms with Gasteiger partial charge >= 0.3 is 0 Å². The summed E-state index contributed by atoms with van der Waals surface area (Å²) in [5, 5.41) is 20.4. The van der Waals surface area contributed by atoms with E-state index in [2.05, 4.69) is 5.32 Å². The van der Waals surface area contributed by atoms with Crippen molar-refractivity contribution in [1.82, 2.24) is 5.32 Å². The Balaban J connectivity index is 2.86. The number of halogens is 1. The maximum atomic E-state index is 12.8. The molecule has 1 aromatic rings. The molecule has 0 saturated heterocycles. The van der Waals surface area contributed by atoms with Crippen LogP contribution in [-0.2, 0) is 0 Å². The van der Waals surface area contributed by atoms with E-state index in [1.54, 1.807) is 6.92 Å². The number of amides is 1. The molecule has 0 saturated carbocycles. The molecule has 0 aliphatic carbocycles. The summed E-state index contributed by atoms with van der Waals surface area (Å²) in [6.45, 7) is 1.37. The van der Waals surface area contributed by atoms with Gasteiger partial charge in [0.25, 0.3) is 5.91 Å². The van der Waals surface area contributed by atoms with Gasteiger partial charge in [0.2, 0.25) is 0 Å². The summed E-state index contributed by atoms with van der Waals surface area (Å²) < 4.78 is 12.8. The molecule has 0 aromatic heterocycles. The summed E-state index contributed by atoms with van der Waals surface area (Å²) >= 11 is 0. The van der Waals surface area contributed by atoms with Gasteiger partial charge in [-0.2, -0.15) is 0 Å². The van der Waals surface area contributed by atoms with Crippen LogP contribution in [0.3, 0.4) is 0 Å². The van der Waals surface area contributed by atoms with Crippen molar-refractivity contribution in [3.8, 4) is 5.75 Å². The lowest BCUT2D eigenvalue weighted by molar-refractivity contribution is 0.0919. The molecule has 1 aromatic carbocycles. The third-order valence-corrected chi connectivity index (χ3v) is 1.85. The van der Waals surface area contributed by atoms with Crippen molar-refractivity contribution in [2.75, 3.05) is 6.61 Å². The van der Waals surface area contributed by atoms with Crippen LogP contribution in [0.5, 0.6) is 5.75 Å². The van der Waals surface area contributed by atoms with Gasteiger partial charge in [0.1, 0.15) is 11.6 Å². The van der Waals surface area contributed by atoms with E-state index >= 15 is 0 Å². The first kappa shape index (κ1) is 11.5. The molecule has 1 atom stereocenters. The molecule has 3 N–H and O–H groups in total. The average molecular weight is 213 g/mol. The van der Waals surface area contributed by atoms with Gasteiger partial charge in [0.15, 0.2) is 0 Å². The van der Waals surface area contributed by atoms with Crippen LogP contribution in [0, 0.1) is 5.82 Å². The Hall–Kier alpha value is -1.62. The lowest BCUT2D eigenvalue weighted by Gasteiger charge is -2.11. The summed E-state index contributed by atoms with van der Waals surface area (Å²) in [6.07, 6.45) is 0. The molecule has 0 unspecified atom stereocenters. The van der Waals surface area contributed by atoms with Crippen molar-refractivity contribution in [3.63, 3.8) is 0 Å². The van der Waals surface area contributed by atoms with E-state index in [4.69, 9.17) is 5.11 Å². The predicted octanol–water partition coefficient (Wildman–Crippen LogP) is 0.642. The van der Waals surface area contributed by atoms with Crippen LogP contribution in [0.15, 0.2) is 18.2 Å². The third kappa shape index (κ3) is 2.92. The van der Waals surface area contributed by atoms with Crippen molar-refractivity contribution in [1.29, 1.82) is 0 Å². The molecular formula is C10H12FNO3. The van der Waals surface area contributed by atoms with Crippen LogP contribution < -0.4 is 5.32 Å². The smallest absolute Gasteiger partial charge is 0.255 e. The zero-order valence-corrected chi connectivity index (χ0v) is 8.20. The Bertz CT molecular complexity index is 368. The van der Waals surface area contributed by atoms with Crippen LogP contribution in [0.2, 0.25) is 0 Å². The zero-order chi connectivity index (χ0) is 11.4. The maximum Gasteiger partial charge on any atom is 0.255 e. The standard InChI is InChI=1S/C10H12FNO3/c1-6(5-13)12-10(15)8-4-7(11)2-3-9(8)14/h2-4,6,13-14H,5H2,1H3,(H,12,15)/t6-/m1/s1. The lowest BCUT2D eigenvalue weighted by Crippen LogP contribution is -2.35. The number of aliphatic hydroxyl groups excluding tert-OH is 1. The molecule has 5 heteroatoms. The van der Waals surface area contributed by atoms with Gasteiger partial charge in [0, 0.05) is 6.04 Å². The molecule has 1 amide bonds. The molecule has 0 aliphatic rings. The number of hydrogen-bond acceptors (Lipinski definition) is 3. The fraction of sp³-hybridized carbons (Fsp3) is 0.300. The number of phenols is 1. The molecule has 0 radical (unpaired) electrons. The second-order valence-electron chi connectivity index (χ2n) is 3.22. The van der Waals surface area contributed by atoms with Gasteiger partial charge < -0.3 is 15.5 Å². The highest BCUT2D eigenvalue weighted by atomic mass is 19.1. The molecule has 15 heavy (non-hydrogen) atoms. The number of hydrogen-bond donors (Lipinski definition) is 3. The van der Waals surface area contributed by atoms with Gasteiger partial charge in [-0.1, -0.05) is 0 Å². The summed E-state index contributed by atoms with van der Waals surface area (Å²) in [5.41, 5.74) is -0.143. The van der Waals surface area contributed by atoms with Gasteiger partial charge in [-0.05, 0) is 25.1 Å². The van der Waals surface area contributed by atoms with Crippen LogP contribution >= 0.6 is 0 Å². The minimum atomic E-state index is -0.617. The fourth-order valence-corrected chi connectivity index (χ4v) is 1.04. The number of aromatic hydroxyl groups is 1. The number of aliphatic hydroxyl groups is 1. The average Bonchev–Trinajstić information content (AvgIpc) is 2.21. The van der Waals surface area contributed by atoms with Crippen LogP contribution in [-0.4, -0.2) is 28.8 Å². The Morgan fingerprint density at radius 2 is 2.27 bits per heavy atom. The quantitative estimate of drug-likeness (QED) is 0.690. The Morgan fingerprint density at radius 1 is 1.60 bits per heavy atom. The van der Waals surface area contributed by atoms with E-state index < -0.39 is 17.8 Å². The molecule has 1 rings (SSSR count). The van der Waals surface area contributed by atoms with E-state index in [0.29, 0.717) is 0 Å². The van der Waals surface area contributed by atoms with Gasteiger partial charge in [0.05, 0.1) is 12.2 Å². The number of phenolic OH excluding ortho intramolecular Hbond substituents is 1. The predicted molar refractivity (Wildman–Crippen MR) is 52.1 cm³/mol. The summed E-state index contributed by atoms with van der Waals surface area (Å²) in [4.78, 5) is 11.4. The summed E-state index contributed by atoms with van der Waals surface area (Å²) in [6, 6.07) is 2.66. The molecule has 4 nitrogen and oxygen atoms in total. The molecule has 0 spiro atoms. The number of benzene rings is 1. The summed E-state index contributed by atoms with van der Waals surface area (Å²) in [7, 11) is 0. The maximum absolute atomic E-state index is 12.8. The first-order valence-corrected chi connectivity index (χ1v) is 4.45. The zero-order valence-electron chi connectivity index (χ0n) is 8.20. The molecule has 0 aliphatic heterocycles. The molecule has 0 heterocycles. The van der Waals surface area contributed by atoms with Crippen LogP contribution in [0.25, 0.3) is 0 Å². The van der Waals surface area contributed by atoms with Gasteiger partial charge in [-0.15, -0.1) is 0 Å². The van der Waals surface area contributed by atoms with Gasteiger partial charge in [-0.3, -0.25) is 4.79 Å². The Kier molecular flexibility index (Phi) is 3.62. The number of carbonyl (C=O) groups excluding carboxylic acids is 1. The first-order valence-electron chi connectivity index (χ1n) is 4.45. The van der Waals surface area contributed by atoms with E-state index in [9.17, 15) is 14.3 Å². The van der Waals surface area contributed by atoms with E-state index in [1.807, 2.05) is 0 Å². The fourth-order valence-electron chi connectivity index (χ4n) is 1.04. The number of nitrogens with one attached hydrogen (secondary N) is 1. The van der Waals surface area contributed by atoms with E-state index in [-0.39, 0.29) is 17.9 Å². The molecular weight excluding hydrogens is 201 g/mol. The van der Waals surface area contributed by atoms with Crippen molar-refractivity contribution in [2.24, 2.45) is 0 Å². The normalized spacial score (nSPS) is 12.2. The van der Waals surface area contributed by atoms with Gasteiger partial charge in [-0.25, -0.2) is 4.39 Å². The SMILES string of the molecule is C[C@H](CO)NC(=O)c1cc(F)ccc1O. The first-order chi connectivity index (χ1) is 7.04. The van der Waals surface area contributed by atoms with Crippen LogP contribution in [0.4, 0.5) is 4.39 Å². The highest BCUT2D eigenvalue weighted by Crippen LogP contribution is 2.17. The second kappa shape index (κ2) is 4.75. The number of rotatable bonds is 3. The lowest BCUT2D eigenvalue weighted by atomic mass is 10.1. The highest BCUT2D eigenvalue weighted by Gasteiger charge is 2.13. The molecule has 0 bridgehead atoms. The Labute approximate surface area is 86.4 Å². The number of carbonyl (C=O) groups is 1. The monoisotopic (exact) mass is 213 g/mol. The van der Waals surface area contributed by atoms with Crippen LogP contribution in [0.1, 0.15) is 17.3 Å². The van der Waals surface area contributed by atoms with Crippen molar-refractivity contribution >= 4 is 5.91 Å². The largest absolute Gasteiger partial charge is 0.507 e. The minimum Gasteiger partial charge on any atom is -0.507 e. The topological polar surface area (TPSA) is 69.6 Å². The highest BCUT2D eigenvalue weighted by molar-refractivity contribution is 5.96. The molecule has 82 valence electrons. The third-order valence-electron chi connectivity index (χ3n) is 1.85.